The van der Waals surface area contributed by atoms with Crippen LogP contribution >= 0.6 is 0 Å². The van der Waals surface area contributed by atoms with E-state index in [1.165, 1.54) is 6.92 Å². The number of amidine groups is 1. The minimum absolute atomic E-state index is 0.0239. The zero-order chi connectivity index (χ0) is 11.4. The molecule has 0 aliphatic rings. The van der Waals surface area contributed by atoms with Crippen molar-refractivity contribution in [2.75, 3.05) is 5.75 Å². The van der Waals surface area contributed by atoms with Crippen LogP contribution in [0.15, 0.2) is 5.16 Å². The summed E-state index contributed by atoms with van der Waals surface area (Å²) in [6, 6.07) is -0.691. The van der Waals surface area contributed by atoms with Crippen LogP contribution in [-0.4, -0.2) is 31.3 Å². The number of oxime groups is 1. The molecule has 0 spiro atoms. The zero-order valence-electron chi connectivity index (χ0n) is 8.56. The molecule has 0 rings (SSSR count). The van der Waals surface area contributed by atoms with E-state index in [1.54, 1.807) is 13.8 Å². The molecule has 0 heterocycles. The lowest BCUT2D eigenvalue weighted by atomic mass is 10.3. The van der Waals surface area contributed by atoms with E-state index in [4.69, 9.17) is 10.9 Å². The Kier molecular flexibility index (Phi) is 4.86. The maximum Gasteiger partial charge on any atom is 0.212 e. The molecule has 14 heavy (non-hydrogen) atoms. The molecule has 0 amide bonds. The van der Waals surface area contributed by atoms with E-state index in [0.717, 1.165) is 0 Å². The van der Waals surface area contributed by atoms with E-state index in [0.29, 0.717) is 0 Å². The van der Waals surface area contributed by atoms with Gasteiger partial charge in [-0.3, -0.25) is 0 Å². The standard InChI is InChI=1S/C7H17N3O3S/c1-5(2)4-14(12,13)10-6(3)7(8)9-11/h5-6,10-11H,4H2,1-3H3,(H2,8,9). The first-order chi connectivity index (χ1) is 6.28. The Labute approximate surface area is 84.2 Å². The van der Waals surface area contributed by atoms with Gasteiger partial charge < -0.3 is 10.9 Å². The minimum Gasteiger partial charge on any atom is -0.409 e. The number of hydrogen-bond donors (Lipinski definition) is 3. The molecule has 1 unspecified atom stereocenters. The third kappa shape index (κ3) is 5.03. The van der Waals surface area contributed by atoms with E-state index in [9.17, 15) is 8.42 Å². The second kappa shape index (κ2) is 5.16. The molecule has 0 aliphatic carbocycles. The summed E-state index contributed by atoms with van der Waals surface area (Å²) in [5.41, 5.74) is 5.23. The van der Waals surface area contributed by atoms with Crippen LogP contribution in [0.3, 0.4) is 0 Å². The molecule has 0 radical (unpaired) electrons. The van der Waals surface area contributed by atoms with Gasteiger partial charge in [0.2, 0.25) is 10.0 Å². The fourth-order valence-electron chi connectivity index (χ4n) is 0.903. The fraction of sp³-hybridized carbons (Fsp3) is 0.857. The van der Waals surface area contributed by atoms with Gasteiger partial charge in [0.25, 0.3) is 0 Å². The van der Waals surface area contributed by atoms with Crippen molar-refractivity contribution in [1.29, 1.82) is 0 Å². The summed E-state index contributed by atoms with van der Waals surface area (Å²) in [6.07, 6.45) is 0. The van der Waals surface area contributed by atoms with Crippen LogP contribution < -0.4 is 10.5 Å². The van der Waals surface area contributed by atoms with Gasteiger partial charge in [-0.15, -0.1) is 0 Å². The van der Waals surface area contributed by atoms with Crippen molar-refractivity contribution >= 4 is 15.9 Å². The number of nitrogens with two attached hydrogens (primary N) is 1. The van der Waals surface area contributed by atoms with Gasteiger partial charge in [0.15, 0.2) is 5.84 Å². The lowest BCUT2D eigenvalue weighted by Crippen LogP contribution is -2.43. The first-order valence-corrected chi connectivity index (χ1v) is 5.91. The Morgan fingerprint density at radius 2 is 2.00 bits per heavy atom. The number of nitrogens with one attached hydrogen (secondary N) is 1. The smallest absolute Gasteiger partial charge is 0.212 e. The Balaban J connectivity index is 4.38. The molecule has 7 heteroatoms. The second-order valence-corrected chi connectivity index (χ2v) is 5.34. The third-order valence-electron chi connectivity index (χ3n) is 1.47. The van der Waals surface area contributed by atoms with Gasteiger partial charge in [0.05, 0.1) is 11.8 Å². The molecule has 1 atom stereocenters. The van der Waals surface area contributed by atoms with Crippen molar-refractivity contribution in [3.63, 3.8) is 0 Å². The predicted octanol–water partition coefficient (Wildman–Crippen LogP) is -0.303. The topological polar surface area (TPSA) is 105 Å². The van der Waals surface area contributed by atoms with E-state index in [2.05, 4.69) is 9.88 Å². The highest BCUT2D eigenvalue weighted by atomic mass is 32.2. The summed E-state index contributed by atoms with van der Waals surface area (Å²) in [5.74, 6) is -0.0971. The highest BCUT2D eigenvalue weighted by Gasteiger charge is 2.18. The summed E-state index contributed by atoms with van der Waals surface area (Å²) in [7, 11) is -3.36. The van der Waals surface area contributed by atoms with Crippen molar-refractivity contribution < 1.29 is 13.6 Å². The number of sulfonamides is 1. The van der Waals surface area contributed by atoms with Crippen LogP contribution in [0.1, 0.15) is 20.8 Å². The summed E-state index contributed by atoms with van der Waals surface area (Å²) in [6.45, 7) is 5.10. The lowest BCUT2D eigenvalue weighted by molar-refractivity contribution is 0.316. The van der Waals surface area contributed by atoms with E-state index >= 15 is 0 Å². The molecule has 0 aromatic heterocycles. The quantitative estimate of drug-likeness (QED) is 0.257. The highest BCUT2D eigenvalue weighted by Crippen LogP contribution is 1.98. The average Bonchev–Trinajstić information content (AvgIpc) is 1.99. The van der Waals surface area contributed by atoms with E-state index in [-0.39, 0.29) is 17.5 Å². The van der Waals surface area contributed by atoms with Gasteiger partial charge in [-0.2, -0.15) is 0 Å². The van der Waals surface area contributed by atoms with Crippen molar-refractivity contribution in [2.24, 2.45) is 16.8 Å². The van der Waals surface area contributed by atoms with Crippen LogP contribution in [-0.2, 0) is 10.0 Å². The number of nitrogens with zero attached hydrogens (tertiary/aromatic N) is 1. The number of hydrogen-bond acceptors (Lipinski definition) is 4. The van der Waals surface area contributed by atoms with Crippen LogP contribution in [0.25, 0.3) is 0 Å². The van der Waals surface area contributed by atoms with Gasteiger partial charge in [-0.25, -0.2) is 13.1 Å². The molecular weight excluding hydrogens is 206 g/mol. The molecule has 0 bridgehead atoms. The summed E-state index contributed by atoms with van der Waals surface area (Å²) in [4.78, 5) is 0. The largest absolute Gasteiger partial charge is 0.409 e. The average molecular weight is 223 g/mol. The molecule has 6 nitrogen and oxygen atoms in total. The first kappa shape index (κ1) is 13.2. The monoisotopic (exact) mass is 223 g/mol. The molecule has 0 fully saturated rings. The maximum absolute atomic E-state index is 11.4. The Morgan fingerprint density at radius 3 is 2.36 bits per heavy atom. The van der Waals surface area contributed by atoms with Crippen molar-refractivity contribution in [3.8, 4) is 0 Å². The Bertz CT molecular complexity index is 297. The van der Waals surface area contributed by atoms with Gasteiger partial charge in [-0.05, 0) is 12.8 Å². The first-order valence-electron chi connectivity index (χ1n) is 4.26. The van der Waals surface area contributed by atoms with Gasteiger partial charge >= 0.3 is 0 Å². The maximum atomic E-state index is 11.4. The van der Waals surface area contributed by atoms with E-state index < -0.39 is 16.1 Å². The molecule has 0 aromatic rings. The van der Waals surface area contributed by atoms with Crippen LogP contribution in [0.5, 0.6) is 0 Å². The molecular formula is C7H17N3O3S. The Hall–Kier alpha value is -0.820. The van der Waals surface area contributed by atoms with Gasteiger partial charge in [0.1, 0.15) is 0 Å². The van der Waals surface area contributed by atoms with Crippen LogP contribution in [0, 0.1) is 5.92 Å². The second-order valence-electron chi connectivity index (χ2n) is 3.54. The van der Waals surface area contributed by atoms with Crippen molar-refractivity contribution in [3.05, 3.63) is 0 Å². The van der Waals surface area contributed by atoms with E-state index in [1.807, 2.05) is 0 Å². The van der Waals surface area contributed by atoms with Gasteiger partial charge in [-0.1, -0.05) is 19.0 Å². The zero-order valence-corrected chi connectivity index (χ0v) is 9.37. The summed E-state index contributed by atoms with van der Waals surface area (Å²) >= 11 is 0. The molecule has 0 saturated heterocycles. The summed E-state index contributed by atoms with van der Waals surface area (Å²) in [5, 5.41) is 11.0. The van der Waals surface area contributed by atoms with Gasteiger partial charge in [0, 0.05) is 0 Å². The van der Waals surface area contributed by atoms with Crippen molar-refractivity contribution in [1.82, 2.24) is 4.72 Å². The van der Waals surface area contributed by atoms with Crippen LogP contribution in [0.4, 0.5) is 0 Å². The molecule has 0 saturated carbocycles. The third-order valence-corrected chi connectivity index (χ3v) is 3.29. The SMILES string of the molecule is CC(C)CS(=O)(=O)NC(C)C(N)=NO. The fourth-order valence-corrected chi connectivity index (χ4v) is 2.54. The molecule has 0 aliphatic heterocycles. The lowest BCUT2D eigenvalue weighted by Gasteiger charge is -2.13. The molecule has 4 N–H and O–H groups in total. The minimum atomic E-state index is -3.36. The normalized spacial score (nSPS) is 15.9. The molecule has 0 aromatic carbocycles. The Morgan fingerprint density at radius 1 is 1.50 bits per heavy atom. The van der Waals surface area contributed by atoms with Crippen LogP contribution in [0.2, 0.25) is 0 Å². The number of rotatable bonds is 5. The molecule has 84 valence electrons. The highest BCUT2D eigenvalue weighted by molar-refractivity contribution is 7.89. The summed E-state index contributed by atoms with van der Waals surface area (Å²) < 4.78 is 25.0. The van der Waals surface area contributed by atoms with Crippen molar-refractivity contribution in [2.45, 2.75) is 26.8 Å². The predicted molar refractivity (Wildman–Crippen MR) is 54.6 cm³/mol.